The molecule has 0 heterocycles. The first-order valence-corrected chi connectivity index (χ1v) is 8.78. The number of carbonyl (C=O) groups excluding carboxylic acids is 2. The Balaban J connectivity index is 2.10. The van der Waals surface area contributed by atoms with Crippen molar-refractivity contribution < 1.29 is 33.1 Å². The highest BCUT2D eigenvalue weighted by Crippen LogP contribution is 2.20. The molecule has 0 aliphatic rings. The van der Waals surface area contributed by atoms with Crippen LogP contribution in [0.2, 0.25) is 0 Å². The molecule has 160 valence electrons. The van der Waals surface area contributed by atoms with Gasteiger partial charge in [-0.1, -0.05) is 11.8 Å². The number of halogens is 3. The lowest BCUT2D eigenvalue weighted by molar-refractivity contribution is -0.149. The van der Waals surface area contributed by atoms with Gasteiger partial charge in [0, 0.05) is 16.7 Å². The maximum Gasteiger partial charge on any atom is 0.269 e. The Morgan fingerprint density at radius 1 is 0.968 bits per heavy atom. The molecule has 4 N–H and O–H groups in total. The minimum Gasteiger partial charge on any atom is -0.381 e. The number of aliphatic hydroxyl groups is 1. The average molecular weight is 430 g/mol. The number of hydrogen-bond donors (Lipinski definition) is 4. The van der Waals surface area contributed by atoms with Crippen molar-refractivity contribution in [2.75, 3.05) is 0 Å². The highest BCUT2D eigenvalue weighted by Gasteiger charge is 2.46. The summed E-state index contributed by atoms with van der Waals surface area (Å²) in [5.41, 5.74) is -0.696. The summed E-state index contributed by atoms with van der Waals surface area (Å²) in [7, 11) is 0. The molecule has 2 unspecified atom stereocenters. The van der Waals surface area contributed by atoms with Crippen LogP contribution in [0.15, 0.2) is 48.5 Å². The van der Waals surface area contributed by atoms with Crippen molar-refractivity contribution in [2.45, 2.75) is 25.0 Å². The molecule has 0 spiro atoms. The molecule has 2 atom stereocenters. The van der Waals surface area contributed by atoms with Gasteiger partial charge in [-0.05, 0) is 67.3 Å². The largest absolute Gasteiger partial charge is 0.381 e. The first-order valence-electron chi connectivity index (χ1n) is 8.78. The molecule has 31 heavy (non-hydrogen) atoms. The van der Waals surface area contributed by atoms with Gasteiger partial charge < -0.3 is 10.4 Å². The summed E-state index contributed by atoms with van der Waals surface area (Å²) in [5, 5.41) is 20.5. The number of carbonyl (C=O) groups is 2. The predicted molar refractivity (Wildman–Crippen MR) is 104 cm³/mol. The van der Waals surface area contributed by atoms with E-state index in [9.17, 15) is 27.9 Å². The van der Waals surface area contributed by atoms with E-state index in [0.29, 0.717) is 18.1 Å². The van der Waals surface area contributed by atoms with Gasteiger partial charge in [-0.25, -0.2) is 18.7 Å². The van der Waals surface area contributed by atoms with Crippen molar-refractivity contribution in [3.8, 4) is 23.7 Å². The van der Waals surface area contributed by atoms with E-state index in [1.807, 2.05) is 5.32 Å². The molecule has 2 amide bonds. The molecule has 0 radical (unpaired) electrons. The van der Waals surface area contributed by atoms with E-state index >= 15 is 0 Å². The molecule has 0 bridgehead atoms. The molecule has 0 saturated carbocycles. The predicted octanol–water partition coefficient (Wildman–Crippen LogP) is 1.85. The van der Waals surface area contributed by atoms with E-state index in [0.717, 1.165) is 5.48 Å². The monoisotopic (exact) mass is 430 g/mol. The van der Waals surface area contributed by atoms with E-state index in [1.165, 1.54) is 48.5 Å². The molecule has 9 heteroatoms. The topological polar surface area (TPSA) is 98.7 Å². The zero-order chi connectivity index (χ0) is 23.0. The lowest BCUT2D eigenvalue weighted by Crippen LogP contribution is -2.61. The second-order valence-electron chi connectivity index (χ2n) is 6.49. The van der Waals surface area contributed by atoms with E-state index in [-0.39, 0.29) is 11.4 Å². The Morgan fingerprint density at radius 2 is 1.45 bits per heavy atom. The Kier molecular flexibility index (Phi) is 7.81. The minimum absolute atomic E-state index is 0.00347. The summed E-state index contributed by atoms with van der Waals surface area (Å²) in [6, 6.07) is 9.05. The van der Waals surface area contributed by atoms with Crippen LogP contribution in [0.5, 0.6) is 0 Å². The van der Waals surface area contributed by atoms with Gasteiger partial charge in [0.05, 0.1) is 0 Å². The van der Waals surface area contributed by atoms with Gasteiger partial charge in [0.2, 0.25) is 0 Å². The number of nitrogens with one attached hydrogen (secondary N) is 2. The van der Waals surface area contributed by atoms with Crippen LogP contribution in [0.25, 0.3) is 0 Å². The quantitative estimate of drug-likeness (QED) is 0.331. The highest BCUT2D eigenvalue weighted by molar-refractivity contribution is 5.97. The van der Waals surface area contributed by atoms with Gasteiger partial charge >= 0.3 is 0 Å². The summed E-state index contributed by atoms with van der Waals surface area (Å²) in [6.45, 7) is 0.656. The van der Waals surface area contributed by atoms with Crippen molar-refractivity contribution in [3.05, 3.63) is 71.0 Å². The summed E-state index contributed by atoms with van der Waals surface area (Å²) in [5.74, 6) is 7.97. The van der Waals surface area contributed by atoms with Crippen LogP contribution >= 0.6 is 0 Å². The molecular weight excluding hydrogens is 413 g/mol. The van der Waals surface area contributed by atoms with Crippen LogP contribution < -0.4 is 10.8 Å². The molecular formula is C22H17F3N2O4. The number of benzene rings is 2. The molecule has 2 rings (SSSR count). The third kappa shape index (κ3) is 6.34. The number of amides is 2. The van der Waals surface area contributed by atoms with Crippen LogP contribution in [0.3, 0.4) is 0 Å². The first-order chi connectivity index (χ1) is 14.6. The molecule has 0 saturated heterocycles. The van der Waals surface area contributed by atoms with Gasteiger partial charge in [-0.15, -0.1) is 0 Å². The molecule has 0 fully saturated rings. The van der Waals surface area contributed by atoms with E-state index < -0.39 is 29.9 Å². The molecule has 0 aliphatic heterocycles. The van der Waals surface area contributed by atoms with Crippen LogP contribution in [0.4, 0.5) is 13.2 Å². The third-order valence-electron chi connectivity index (χ3n) is 4.14. The summed E-state index contributed by atoms with van der Waals surface area (Å²) < 4.78 is 38.9. The standard InChI is InChI=1S/C22H17F3N2O4/c1-22(30,21(24)25)18(20(29)27-31)26-19(28)16-10-6-14(7-11-16)4-2-3-5-15-8-12-17(23)13-9-15/h6-13,18,21,30-31H,1H3,(H,26,28)(H,27,29). The van der Waals surface area contributed by atoms with E-state index in [2.05, 4.69) is 23.7 Å². The zero-order valence-corrected chi connectivity index (χ0v) is 16.1. The van der Waals surface area contributed by atoms with Crippen molar-refractivity contribution in [3.63, 3.8) is 0 Å². The van der Waals surface area contributed by atoms with Crippen LogP contribution in [0, 0.1) is 29.5 Å². The van der Waals surface area contributed by atoms with Gasteiger partial charge in [0.1, 0.15) is 11.9 Å². The number of rotatable bonds is 5. The van der Waals surface area contributed by atoms with E-state index in [4.69, 9.17) is 5.21 Å². The minimum atomic E-state index is -3.37. The molecule has 0 aliphatic carbocycles. The van der Waals surface area contributed by atoms with Crippen LogP contribution in [-0.2, 0) is 4.79 Å². The maximum absolute atomic E-state index is 13.0. The van der Waals surface area contributed by atoms with Crippen molar-refractivity contribution in [1.82, 2.24) is 10.8 Å². The fraction of sp³-hybridized carbons (Fsp3) is 0.182. The number of alkyl halides is 2. The third-order valence-corrected chi connectivity index (χ3v) is 4.14. The summed E-state index contributed by atoms with van der Waals surface area (Å²) >= 11 is 0. The Hall–Kier alpha value is -3.79. The normalized spacial score (nSPS) is 13.0. The van der Waals surface area contributed by atoms with Gasteiger partial charge in [-0.2, -0.15) is 0 Å². The smallest absolute Gasteiger partial charge is 0.269 e. The second-order valence-corrected chi connectivity index (χ2v) is 6.49. The Bertz CT molecular complexity index is 1060. The summed E-state index contributed by atoms with van der Waals surface area (Å²) in [4.78, 5) is 23.9. The average Bonchev–Trinajstić information content (AvgIpc) is 2.75. The molecule has 6 nitrogen and oxygen atoms in total. The highest BCUT2D eigenvalue weighted by atomic mass is 19.3. The van der Waals surface area contributed by atoms with Gasteiger partial charge in [0.15, 0.2) is 5.60 Å². The SMILES string of the molecule is CC(O)(C(F)F)C(NC(=O)c1ccc(C#CC#Cc2ccc(F)cc2)cc1)C(=O)NO. The van der Waals surface area contributed by atoms with Crippen LogP contribution in [-0.4, -0.2) is 40.2 Å². The van der Waals surface area contributed by atoms with Crippen molar-refractivity contribution in [2.24, 2.45) is 0 Å². The number of hydrogen-bond acceptors (Lipinski definition) is 4. The number of hydroxylamine groups is 1. The van der Waals surface area contributed by atoms with Crippen molar-refractivity contribution in [1.29, 1.82) is 0 Å². The van der Waals surface area contributed by atoms with Gasteiger partial charge in [-0.3, -0.25) is 14.8 Å². The molecule has 2 aromatic carbocycles. The fourth-order valence-electron chi connectivity index (χ4n) is 2.33. The molecule has 2 aromatic rings. The Morgan fingerprint density at radius 3 is 1.90 bits per heavy atom. The lowest BCUT2D eigenvalue weighted by Gasteiger charge is -2.30. The fourth-order valence-corrected chi connectivity index (χ4v) is 2.33. The second kappa shape index (κ2) is 10.3. The summed E-state index contributed by atoms with van der Waals surface area (Å²) in [6.07, 6.45) is -3.37. The van der Waals surface area contributed by atoms with Crippen LogP contribution in [0.1, 0.15) is 28.4 Å². The van der Waals surface area contributed by atoms with E-state index in [1.54, 1.807) is 0 Å². The van der Waals surface area contributed by atoms with Crippen molar-refractivity contribution >= 4 is 11.8 Å². The molecule has 0 aromatic heterocycles. The van der Waals surface area contributed by atoms with Gasteiger partial charge in [0.25, 0.3) is 18.2 Å². The lowest BCUT2D eigenvalue weighted by atomic mass is 9.95. The zero-order valence-electron chi connectivity index (χ0n) is 16.1. The Labute approximate surface area is 176 Å². The maximum atomic E-state index is 13.0. The first kappa shape index (κ1) is 23.5.